The Kier molecular flexibility index (Phi) is 6.88. The molecule has 0 saturated heterocycles. The SMILES string of the molecule is CC(CNC(=O)Nc1cccc(CSc2ccccn2)c1)c1ccccc1. The zero-order valence-corrected chi connectivity index (χ0v) is 16.1. The summed E-state index contributed by atoms with van der Waals surface area (Å²) in [7, 11) is 0. The average Bonchev–Trinajstić information content (AvgIpc) is 2.72. The second-order valence-electron chi connectivity index (χ2n) is 6.30. The van der Waals surface area contributed by atoms with E-state index in [4.69, 9.17) is 0 Å². The largest absolute Gasteiger partial charge is 0.337 e. The Morgan fingerprint density at radius 2 is 1.85 bits per heavy atom. The van der Waals surface area contributed by atoms with Gasteiger partial charge in [0, 0.05) is 24.2 Å². The summed E-state index contributed by atoms with van der Waals surface area (Å²) in [4.78, 5) is 16.5. The van der Waals surface area contributed by atoms with Gasteiger partial charge in [-0.3, -0.25) is 0 Å². The van der Waals surface area contributed by atoms with E-state index in [9.17, 15) is 4.79 Å². The van der Waals surface area contributed by atoms with Crippen molar-refractivity contribution in [1.29, 1.82) is 0 Å². The number of pyridine rings is 1. The van der Waals surface area contributed by atoms with Crippen LogP contribution < -0.4 is 10.6 Å². The number of nitrogens with zero attached hydrogens (tertiary/aromatic N) is 1. The topological polar surface area (TPSA) is 54.0 Å². The summed E-state index contributed by atoms with van der Waals surface area (Å²) in [6.07, 6.45) is 1.79. The lowest BCUT2D eigenvalue weighted by molar-refractivity contribution is 0.251. The molecule has 0 fully saturated rings. The van der Waals surface area contributed by atoms with Gasteiger partial charge >= 0.3 is 6.03 Å². The molecular formula is C22H23N3OS. The van der Waals surface area contributed by atoms with Gasteiger partial charge in [0.15, 0.2) is 0 Å². The van der Waals surface area contributed by atoms with E-state index in [1.54, 1.807) is 18.0 Å². The van der Waals surface area contributed by atoms with Crippen LogP contribution in [0.2, 0.25) is 0 Å². The lowest BCUT2D eigenvalue weighted by atomic mass is 10.0. The number of aromatic nitrogens is 1. The van der Waals surface area contributed by atoms with Gasteiger partial charge < -0.3 is 10.6 Å². The quantitative estimate of drug-likeness (QED) is 0.549. The molecule has 1 heterocycles. The molecule has 1 aromatic heterocycles. The predicted octanol–water partition coefficient (Wildman–Crippen LogP) is 5.30. The maximum absolute atomic E-state index is 12.2. The van der Waals surface area contributed by atoms with Crippen LogP contribution in [0.5, 0.6) is 0 Å². The number of thioether (sulfide) groups is 1. The molecule has 0 radical (unpaired) electrons. The van der Waals surface area contributed by atoms with Crippen LogP contribution in [0.3, 0.4) is 0 Å². The molecule has 27 heavy (non-hydrogen) atoms. The number of urea groups is 1. The Labute approximate surface area is 164 Å². The fraction of sp³-hybridized carbons (Fsp3) is 0.182. The summed E-state index contributed by atoms with van der Waals surface area (Å²) in [5, 5.41) is 6.84. The van der Waals surface area contributed by atoms with Crippen molar-refractivity contribution in [3.8, 4) is 0 Å². The molecular weight excluding hydrogens is 354 g/mol. The molecule has 0 saturated carbocycles. The number of carbonyl (C=O) groups is 1. The van der Waals surface area contributed by atoms with Gasteiger partial charge in [0.25, 0.3) is 0 Å². The molecule has 0 spiro atoms. The van der Waals surface area contributed by atoms with Crippen molar-refractivity contribution in [2.75, 3.05) is 11.9 Å². The smallest absolute Gasteiger partial charge is 0.319 e. The summed E-state index contributed by atoms with van der Waals surface area (Å²) in [5.41, 5.74) is 3.14. The van der Waals surface area contributed by atoms with Gasteiger partial charge in [-0.15, -0.1) is 11.8 Å². The minimum absolute atomic E-state index is 0.188. The van der Waals surface area contributed by atoms with Crippen molar-refractivity contribution in [1.82, 2.24) is 10.3 Å². The van der Waals surface area contributed by atoms with E-state index < -0.39 is 0 Å². The van der Waals surface area contributed by atoms with Gasteiger partial charge in [0.1, 0.15) is 0 Å². The summed E-state index contributed by atoms with van der Waals surface area (Å²) >= 11 is 1.67. The third-order valence-electron chi connectivity index (χ3n) is 4.15. The zero-order chi connectivity index (χ0) is 18.9. The average molecular weight is 378 g/mol. The van der Waals surface area contributed by atoms with Gasteiger partial charge in [0.05, 0.1) is 5.03 Å². The van der Waals surface area contributed by atoms with E-state index in [0.717, 1.165) is 22.0 Å². The third-order valence-corrected chi connectivity index (χ3v) is 5.16. The van der Waals surface area contributed by atoms with Crippen LogP contribution in [0.1, 0.15) is 24.0 Å². The zero-order valence-electron chi connectivity index (χ0n) is 15.3. The summed E-state index contributed by atoms with van der Waals surface area (Å²) < 4.78 is 0. The molecule has 3 aromatic rings. The molecule has 4 nitrogen and oxygen atoms in total. The Morgan fingerprint density at radius 1 is 1.04 bits per heavy atom. The van der Waals surface area contributed by atoms with Gasteiger partial charge in [-0.2, -0.15) is 0 Å². The maximum atomic E-state index is 12.2. The number of anilines is 1. The van der Waals surface area contributed by atoms with E-state index in [-0.39, 0.29) is 11.9 Å². The number of hydrogen-bond acceptors (Lipinski definition) is 3. The van der Waals surface area contributed by atoms with Crippen LogP contribution in [-0.4, -0.2) is 17.6 Å². The van der Waals surface area contributed by atoms with Gasteiger partial charge in [-0.25, -0.2) is 9.78 Å². The second kappa shape index (κ2) is 9.78. The highest BCUT2D eigenvalue weighted by Gasteiger charge is 2.08. The van der Waals surface area contributed by atoms with Crippen molar-refractivity contribution in [2.45, 2.75) is 23.6 Å². The number of rotatable bonds is 7. The third kappa shape index (κ3) is 6.15. The predicted molar refractivity (Wildman–Crippen MR) is 112 cm³/mol. The van der Waals surface area contributed by atoms with Crippen molar-refractivity contribution in [2.24, 2.45) is 0 Å². The Balaban J connectivity index is 1.49. The molecule has 2 N–H and O–H groups in total. The lowest BCUT2D eigenvalue weighted by Gasteiger charge is -2.14. The van der Waals surface area contributed by atoms with Crippen LogP contribution in [0.25, 0.3) is 0 Å². The number of hydrogen-bond donors (Lipinski definition) is 2. The van der Waals surface area contributed by atoms with Crippen molar-refractivity contribution in [3.05, 3.63) is 90.1 Å². The number of carbonyl (C=O) groups excluding carboxylic acids is 1. The monoisotopic (exact) mass is 377 g/mol. The van der Waals surface area contributed by atoms with Crippen molar-refractivity contribution < 1.29 is 4.79 Å². The molecule has 0 aliphatic carbocycles. The standard InChI is InChI=1S/C22H23N3OS/c1-17(19-9-3-2-4-10-19)15-24-22(26)25-20-11-7-8-18(14-20)16-27-21-12-5-6-13-23-21/h2-14,17H,15-16H2,1H3,(H2,24,25,26). The second-order valence-corrected chi connectivity index (χ2v) is 7.30. The molecule has 5 heteroatoms. The Hall–Kier alpha value is -2.79. The van der Waals surface area contributed by atoms with Crippen molar-refractivity contribution in [3.63, 3.8) is 0 Å². The highest BCUT2D eigenvalue weighted by Crippen LogP contribution is 2.22. The van der Waals surface area contributed by atoms with E-state index in [2.05, 4.69) is 40.7 Å². The van der Waals surface area contributed by atoms with Crippen LogP contribution in [0, 0.1) is 0 Å². The maximum Gasteiger partial charge on any atom is 0.319 e. The first-order valence-corrected chi connectivity index (χ1v) is 9.92. The molecule has 138 valence electrons. The molecule has 3 rings (SSSR count). The van der Waals surface area contributed by atoms with Crippen molar-refractivity contribution >= 4 is 23.5 Å². The van der Waals surface area contributed by atoms with Crippen LogP contribution >= 0.6 is 11.8 Å². The molecule has 1 atom stereocenters. The minimum atomic E-state index is -0.188. The Bertz CT molecular complexity index is 856. The van der Waals surface area contributed by atoms with Crippen LogP contribution in [0.15, 0.2) is 84.0 Å². The van der Waals surface area contributed by atoms with Crippen LogP contribution in [0.4, 0.5) is 10.5 Å². The summed E-state index contributed by atoms with van der Waals surface area (Å²) in [5.74, 6) is 1.07. The highest BCUT2D eigenvalue weighted by atomic mass is 32.2. The van der Waals surface area contributed by atoms with Gasteiger partial charge in [0.2, 0.25) is 0 Å². The number of nitrogens with one attached hydrogen (secondary N) is 2. The Morgan fingerprint density at radius 3 is 2.63 bits per heavy atom. The molecule has 0 aliphatic heterocycles. The molecule has 1 unspecified atom stereocenters. The summed E-state index contributed by atoms with van der Waals surface area (Å²) in [6, 6.07) is 23.8. The normalized spacial score (nSPS) is 11.6. The number of amides is 2. The fourth-order valence-corrected chi connectivity index (χ4v) is 3.45. The first kappa shape index (κ1) is 19.0. The fourth-order valence-electron chi connectivity index (χ4n) is 2.65. The first-order valence-electron chi connectivity index (χ1n) is 8.93. The lowest BCUT2D eigenvalue weighted by Crippen LogP contribution is -2.31. The molecule has 0 bridgehead atoms. The van der Waals surface area contributed by atoms with E-state index >= 15 is 0 Å². The molecule has 0 aliphatic rings. The van der Waals surface area contributed by atoms with Gasteiger partial charge in [-0.1, -0.05) is 55.5 Å². The number of benzene rings is 2. The molecule has 2 aromatic carbocycles. The van der Waals surface area contributed by atoms with E-state index in [0.29, 0.717) is 6.54 Å². The van der Waals surface area contributed by atoms with E-state index in [1.165, 1.54) is 5.56 Å². The first-order chi connectivity index (χ1) is 13.2. The summed E-state index contributed by atoms with van der Waals surface area (Å²) in [6.45, 7) is 2.69. The minimum Gasteiger partial charge on any atom is -0.337 e. The van der Waals surface area contributed by atoms with E-state index in [1.807, 2.05) is 54.6 Å². The van der Waals surface area contributed by atoms with Gasteiger partial charge in [-0.05, 0) is 41.3 Å². The highest BCUT2D eigenvalue weighted by molar-refractivity contribution is 7.98. The molecule has 2 amide bonds. The van der Waals surface area contributed by atoms with Crippen LogP contribution in [-0.2, 0) is 5.75 Å².